The van der Waals surface area contributed by atoms with Crippen LogP contribution in [0.2, 0.25) is 0 Å². The van der Waals surface area contributed by atoms with Gasteiger partial charge >= 0.3 is 0 Å². The SMILES string of the molecule is CNCC(C)C(=O)NCC1(C(=O)Nc2ccc(C)c(C)c2)CCCC1. The molecule has 1 aromatic rings. The smallest absolute Gasteiger partial charge is 0.232 e. The number of rotatable bonds is 7. The minimum Gasteiger partial charge on any atom is -0.355 e. The molecule has 0 bridgehead atoms. The second-order valence-corrected chi connectivity index (χ2v) is 7.42. The highest BCUT2D eigenvalue weighted by Gasteiger charge is 2.41. The summed E-state index contributed by atoms with van der Waals surface area (Å²) in [7, 11) is 1.83. The van der Waals surface area contributed by atoms with E-state index >= 15 is 0 Å². The molecule has 0 radical (unpaired) electrons. The van der Waals surface area contributed by atoms with Crippen LogP contribution in [0.3, 0.4) is 0 Å². The van der Waals surface area contributed by atoms with Crippen molar-refractivity contribution in [1.82, 2.24) is 10.6 Å². The van der Waals surface area contributed by atoms with Crippen molar-refractivity contribution in [1.29, 1.82) is 0 Å². The van der Waals surface area contributed by atoms with Crippen molar-refractivity contribution >= 4 is 17.5 Å². The predicted molar refractivity (Wildman–Crippen MR) is 102 cm³/mol. The second-order valence-electron chi connectivity index (χ2n) is 7.42. The number of anilines is 1. The first-order chi connectivity index (χ1) is 11.9. The summed E-state index contributed by atoms with van der Waals surface area (Å²) in [5, 5.41) is 9.08. The Hall–Kier alpha value is -1.88. The van der Waals surface area contributed by atoms with Gasteiger partial charge < -0.3 is 16.0 Å². The van der Waals surface area contributed by atoms with Crippen LogP contribution in [-0.2, 0) is 9.59 Å². The quantitative estimate of drug-likeness (QED) is 0.712. The summed E-state index contributed by atoms with van der Waals surface area (Å²) in [4.78, 5) is 25.2. The highest BCUT2D eigenvalue weighted by molar-refractivity contribution is 5.96. The van der Waals surface area contributed by atoms with E-state index in [1.165, 1.54) is 5.56 Å². The molecule has 0 saturated heterocycles. The van der Waals surface area contributed by atoms with Gasteiger partial charge in [-0.1, -0.05) is 25.8 Å². The molecule has 0 spiro atoms. The van der Waals surface area contributed by atoms with Gasteiger partial charge in [-0.05, 0) is 57.0 Å². The topological polar surface area (TPSA) is 70.2 Å². The van der Waals surface area contributed by atoms with Crippen LogP contribution < -0.4 is 16.0 Å². The monoisotopic (exact) mass is 345 g/mol. The molecule has 25 heavy (non-hydrogen) atoms. The molecule has 5 nitrogen and oxygen atoms in total. The van der Waals surface area contributed by atoms with Crippen LogP contribution in [0.4, 0.5) is 5.69 Å². The van der Waals surface area contributed by atoms with Gasteiger partial charge in [-0.2, -0.15) is 0 Å². The average molecular weight is 345 g/mol. The van der Waals surface area contributed by atoms with Crippen LogP contribution in [0.15, 0.2) is 18.2 Å². The van der Waals surface area contributed by atoms with Gasteiger partial charge in [0.25, 0.3) is 0 Å². The van der Waals surface area contributed by atoms with Crippen LogP contribution in [0.1, 0.15) is 43.7 Å². The molecule has 1 aromatic carbocycles. The summed E-state index contributed by atoms with van der Waals surface area (Å²) in [6, 6.07) is 5.97. The molecule has 0 heterocycles. The Kier molecular flexibility index (Phi) is 6.59. The van der Waals surface area contributed by atoms with Crippen molar-refractivity contribution < 1.29 is 9.59 Å². The van der Waals surface area contributed by atoms with Gasteiger partial charge in [0, 0.05) is 24.7 Å². The molecule has 1 saturated carbocycles. The Morgan fingerprint density at radius 2 is 1.84 bits per heavy atom. The lowest BCUT2D eigenvalue weighted by molar-refractivity contribution is -0.128. The zero-order valence-corrected chi connectivity index (χ0v) is 15.9. The molecule has 2 amide bonds. The molecule has 0 aliphatic heterocycles. The van der Waals surface area contributed by atoms with E-state index in [1.54, 1.807) is 0 Å². The van der Waals surface area contributed by atoms with Crippen molar-refractivity contribution in [2.24, 2.45) is 11.3 Å². The standard InChI is InChI=1S/C20H31N3O2/c1-14-7-8-17(11-15(14)2)23-19(25)20(9-5-6-10-20)13-22-18(24)16(3)12-21-4/h7-8,11,16,21H,5-6,9-10,12-13H2,1-4H3,(H,22,24)(H,23,25). The second kappa shape index (κ2) is 8.48. The van der Waals surface area contributed by atoms with Gasteiger partial charge in [0.05, 0.1) is 5.41 Å². The third-order valence-corrected chi connectivity index (χ3v) is 5.37. The van der Waals surface area contributed by atoms with Crippen molar-refractivity contribution in [2.45, 2.75) is 46.5 Å². The van der Waals surface area contributed by atoms with Crippen LogP contribution >= 0.6 is 0 Å². The van der Waals surface area contributed by atoms with Crippen molar-refractivity contribution in [3.05, 3.63) is 29.3 Å². The Morgan fingerprint density at radius 3 is 2.44 bits per heavy atom. The fourth-order valence-electron chi connectivity index (χ4n) is 3.45. The molecule has 5 heteroatoms. The van der Waals surface area contributed by atoms with Gasteiger partial charge in [0.15, 0.2) is 0 Å². The summed E-state index contributed by atoms with van der Waals surface area (Å²) in [6.07, 6.45) is 3.71. The van der Waals surface area contributed by atoms with Gasteiger partial charge in [0.2, 0.25) is 11.8 Å². The lowest BCUT2D eigenvalue weighted by atomic mass is 9.84. The van der Waals surface area contributed by atoms with E-state index in [2.05, 4.69) is 22.9 Å². The summed E-state index contributed by atoms with van der Waals surface area (Å²) in [6.45, 7) is 7.04. The van der Waals surface area contributed by atoms with E-state index in [0.717, 1.165) is 36.9 Å². The van der Waals surface area contributed by atoms with E-state index in [9.17, 15) is 9.59 Å². The first-order valence-electron chi connectivity index (χ1n) is 9.19. The van der Waals surface area contributed by atoms with Crippen LogP contribution in [-0.4, -0.2) is 32.0 Å². The minimum atomic E-state index is -0.492. The molecule has 0 aromatic heterocycles. The van der Waals surface area contributed by atoms with E-state index in [-0.39, 0.29) is 17.7 Å². The van der Waals surface area contributed by atoms with E-state index < -0.39 is 5.41 Å². The van der Waals surface area contributed by atoms with E-state index in [0.29, 0.717) is 13.1 Å². The summed E-state index contributed by atoms with van der Waals surface area (Å²) in [5.74, 6) is -0.0827. The minimum absolute atomic E-state index is 0.000365. The molecule has 3 N–H and O–H groups in total. The molecule has 1 atom stereocenters. The Balaban J connectivity index is 2.04. The van der Waals surface area contributed by atoms with Crippen LogP contribution in [0, 0.1) is 25.2 Å². The third-order valence-electron chi connectivity index (χ3n) is 5.37. The summed E-state index contributed by atoms with van der Waals surface area (Å²) in [5.41, 5.74) is 2.70. The molecule has 1 fully saturated rings. The lowest BCUT2D eigenvalue weighted by Crippen LogP contribution is -2.46. The molecule has 1 aliphatic carbocycles. The Labute approximate surface area is 151 Å². The largest absolute Gasteiger partial charge is 0.355 e. The van der Waals surface area contributed by atoms with Crippen molar-refractivity contribution in [3.8, 4) is 0 Å². The number of carbonyl (C=O) groups is 2. The number of hydrogen-bond acceptors (Lipinski definition) is 3. The Morgan fingerprint density at radius 1 is 1.16 bits per heavy atom. The highest BCUT2D eigenvalue weighted by Crippen LogP contribution is 2.38. The summed E-state index contributed by atoms with van der Waals surface area (Å²) < 4.78 is 0. The van der Waals surface area contributed by atoms with Gasteiger partial charge in [-0.15, -0.1) is 0 Å². The van der Waals surface area contributed by atoms with Gasteiger partial charge in [0.1, 0.15) is 0 Å². The first kappa shape index (κ1) is 19.4. The average Bonchev–Trinajstić information content (AvgIpc) is 3.06. The molecular formula is C20H31N3O2. The molecule has 2 rings (SSSR count). The molecule has 1 unspecified atom stereocenters. The fourth-order valence-corrected chi connectivity index (χ4v) is 3.45. The normalized spacial score (nSPS) is 17.1. The maximum atomic E-state index is 13.0. The van der Waals surface area contributed by atoms with Crippen molar-refractivity contribution in [2.75, 3.05) is 25.5 Å². The molecule has 1 aliphatic rings. The third kappa shape index (κ3) is 4.82. The predicted octanol–water partition coefficient (Wildman–Crippen LogP) is 2.77. The number of nitrogens with one attached hydrogen (secondary N) is 3. The van der Waals surface area contributed by atoms with Gasteiger partial charge in [-0.25, -0.2) is 0 Å². The number of benzene rings is 1. The molecule has 138 valence electrons. The van der Waals surface area contributed by atoms with E-state index in [1.807, 2.05) is 39.1 Å². The zero-order valence-electron chi connectivity index (χ0n) is 15.9. The number of carbonyl (C=O) groups excluding carboxylic acids is 2. The molecular weight excluding hydrogens is 314 g/mol. The Bertz CT molecular complexity index is 621. The maximum Gasteiger partial charge on any atom is 0.232 e. The first-order valence-corrected chi connectivity index (χ1v) is 9.19. The van der Waals surface area contributed by atoms with Crippen molar-refractivity contribution in [3.63, 3.8) is 0 Å². The number of hydrogen-bond donors (Lipinski definition) is 3. The number of aryl methyl sites for hydroxylation is 2. The van der Waals surface area contributed by atoms with E-state index in [4.69, 9.17) is 0 Å². The van der Waals surface area contributed by atoms with Crippen LogP contribution in [0.5, 0.6) is 0 Å². The number of amides is 2. The summed E-state index contributed by atoms with van der Waals surface area (Å²) >= 11 is 0. The van der Waals surface area contributed by atoms with Crippen LogP contribution in [0.25, 0.3) is 0 Å². The fraction of sp³-hybridized carbons (Fsp3) is 0.600. The maximum absolute atomic E-state index is 13.0. The zero-order chi connectivity index (χ0) is 18.4. The lowest BCUT2D eigenvalue weighted by Gasteiger charge is -2.28. The van der Waals surface area contributed by atoms with Gasteiger partial charge in [-0.3, -0.25) is 9.59 Å². The highest BCUT2D eigenvalue weighted by atomic mass is 16.2.